The first-order chi connectivity index (χ1) is 8.24. The molecule has 0 spiro atoms. The number of carbonyl (C=O) groups excluding carboxylic acids is 1. The second-order valence-corrected chi connectivity index (χ2v) is 5.53. The fourth-order valence-corrected chi connectivity index (χ4v) is 3.41. The monoisotopic (exact) mass is 246 g/mol. The van der Waals surface area contributed by atoms with Crippen molar-refractivity contribution in [3.63, 3.8) is 0 Å². The van der Waals surface area contributed by atoms with Gasteiger partial charge in [0, 0.05) is 25.9 Å². The third-order valence-corrected chi connectivity index (χ3v) is 4.49. The standard InChI is InChI=1S/C13H14N2OS/c1-9(16)15-7-6-10(8-15)13-14-11-4-2-3-5-12(11)17-13/h2-5,10H,6-8H2,1H3. The Morgan fingerprint density at radius 1 is 1.47 bits per heavy atom. The van der Waals surface area contributed by atoms with E-state index in [9.17, 15) is 4.79 Å². The van der Waals surface area contributed by atoms with Crippen molar-refractivity contribution in [2.45, 2.75) is 19.3 Å². The van der Waals surface area contributed by atoms with Crippen LogP contribution in [0.25, 0.3) is 10.2 Å². The van der Waals surface area contributed by atoms with Gasteiger partial charge in [-0.05, 0) is 18.6 Å². The van der Waals surface area contributed by atoms with Gasteiger partial charge in [0.2, 0.25) is 5.91 Å². The first kappa shape index (κ1) is 10.7. The molecule has 1 aliphatic rings. The number of fused-ring (bicyclic) bond motifs is 1. The van der Waals surface area contributed by atoms with Crippen molar-refractivity contribution in [2.75, 3.05) is 13.1 Å². The Hall–Kier alpha value is -1.42. The lowest BCUT2D eigenvalue weighted by Gasteiger charge is -2.12. The summed E-state index contributed by atoms with van der Waals surface area (Å²) in [5.74, 6) is 0.602. The zero-order chi connectivity index (χ0) is 11.8. The summed E-state index contributed by atoms with van der Waals surface area (Å²) in [4.78, 5) is 17.9. The van der Waals surface area contributed by atoms with Crippen molar-refractivity contribution in [1.82, 2.24) is 9.88 Å². The Labute approximate surface area is 104 Å². The molecule has 0 radical (unpaired) electrons. The summed E-state index contributed by atoms with van der Waals surface area (Å²) in [6.45, 7) is 3.34. The maximum atomic E-state index is 11.3. The van der Waals surface area contributed by atoms with Crippen molar-refractivity contribution in [3.05, 3.63) is 29.3 Å². The van der Waals surface area contributed by atoms with Gasteiger partial charge < -0.3 is 4.90 Å². The van der Waals surface area contributed by atoms with Crippen molar-refractivity contribution in [2.24, 2.45) is 0 Å². The molecule has 1 fully saturated rings. The Morgan fingerprint density at radius 2 is 2.29 bits per heavy atom. The number of carbonyl (C=O) groups is 1. The van der Waals surface area contributed by atoms with E-state index < -0.39 is 0 Å². The Morgan fingerprint density at radius 3 is 3.00 bits per heavy atom. The molecule has 1 saturated heterocycles. The van der Waals surface area contributed by atoms with Crippen LogP contribution in [-0.4, -0.2) is 28.9 Å². The largest absolute Gasteiger partial charge is 0.342 e. The average molecular weight is 246 g/mol. The van der Waals surface area contributed by atoms with Crippen LogP contribution in [0, 0.1) is 0 Å². The van der Waals surface area contributed by atoms with Crippen LogP contribution in [0.2, 0.25) is 0 Å². The van der Waals surface area contributed by atoms with Gasteiger partial charge in [-0.3, -0.25) is 4.79 Å². The average Bonchev–Trinajstić information content (AvgIpc) is 2.95. The minimum absolute atomic E-state index is 0.175. The van der Waals surface area contributed by atoms with E-state index in [0.717, 1.165) is 25.0 Å². The number of aromatic nitrogens is 1. The van der Waals surface area contributed by atoms with Gasteiger partial charge in [-0.2, -0.15) is 0 Å². The molecule has 1 aromatic heterocycles. The van der Waals surface area contributed by atoms with Gasteiger partial charge in [0.1, 0.15) is 0 Å². The van der Waals surface area contributed by atoms with Gasteiger partial charge in [-0.1, -0.05) is 12.1 Å². The lowest BCUT2D eigenvalue weighted by atomic mass is 10.1. The molecule has 1 amide bonds. The molecule has 17 heavy (non-hydrogen) atoms. The molecule has 0 bridgehead atoms. The molecule has 2 aromatic rings. The van der Waals surface area contributed by atoms with E-state index >= 15 is 0 Å². The minimum Gasteiger partial charge on any atom is -0.342 e. The third kappa shape index (κ3) is 1.93. The lowest BCUT2D eigenvalue weighted by Crippen LogP contribution is -2.25. The van der Waals surface area contributed by atoms with Gasteiger partial charge in [-0.25, -0.2) is 4.98 Å². The highest BCUT2D eigenvalue weighted by Gasteiger charge is 2.27. The number of rotatable bonds is 1. The Balaban J connectivity index is 1.87. The summed E-state index contributed by atoms with van der Waals surface area (Å²) in [7, 11) is 0. The van der Waals surface area contributed by atoms with Crippen LogP contribution in [-0.2, 0) is 4.79 Å². The highest BCUT2D eigenvalue weighted by atomic mass is 32.1. The first-order valence-electron chi connectivity index (χ1n) is 5.85. The maximum absolute atomic E-state index is 11.3. The topological polar surface area (TPSA) is 33.2 Å². The predicted molar refractivity (Wildman–Crippen MR) is 69.2 cm³/mol. The molecule has 1 aromatic carbocycles. The number of thiazole rings is 1. The molecular weight excluding hydrogens is 232 g/mol. The lowest BCUT2D eigenvalue weighted by molar-refractivity contribution is -0.127. The quantitative estimate of drug-likeness (QED) is 0.775. The van der Waals surface area contributed by atoms with Crippen LogP contribution in [0.1, 0.15) is 24.3 Å². The summed E-state index contributed by atoms with van der Waals surface area (Å²) in [6.07, 6.45) is 1.04. The van der Waals surface area contributed by atoms with Crippen molar-refractivity contribution >= 4 is 27.5 Å². The van der Waals surface area contributed by atoms with Gasteiger partial charge >= 0.3 is 0 Å². The zero-order valence-electron chi connectivity index (χ0n) is 9.72. The maximum Gasteiger partial charge on any atom is 0.219 e. The normalized spacial score (nSPS) is 20.1. The summed E-state index contributed by atoms with van der Waals surface area (Å²) >= 11 is 1.76. The van der Waals surface area contributed by atoms with E-state index in [-0.39, 0.29) is 5.91 Å². The first-order valence-corrected chi connectivity index (χ1v) is 6.66. The van der Waals surface area contributed by atoms with Gasteiger partial charge in [0.25, 0.3) is 0 Å². The van der Waals surface area contributed by atoms with Crippen molar-refractivity contribution < 1.29 is 4.79 Å². The second-order valence-electron chi connectivity index (χ2n) is 4.47. The molecule has 0 saturated carbocycles. The molecule has 4 heteroatoms. The molecule has 3 nitrogen and oxygen atoms in total. The number of benzene rings is 1. The van der Waals surface area contributed by atoms with Gasteiger partial charge in [-0.15, -0.1) is 11.3 Å². The number of nitrogens with zero attached hydrogens (tertiary/aromatic N) is 2. The Bertz CT molecular complexity index is 530. The van der Waals surface area contributed by atoms with E-state index in [0.29, 0.717) is 5.92 Å². The molecule has 88 valence electrons. The molecule has 0 aliphatic carbocycles. The smallest absolute Gasteiger partial charge is 0.219 e. The number of amides is 1. The predicted octanol–water partition coefficient (Wildman–Crippen LogP) is 2.63. The van der Waals surface area contributed by atoms with Crippen LogP contribution in [0.15, 0.2) is 24.3 Å². The molecule has 1 unspecified atom stereocenters. The van der Waals surface area contributed by atoms with E-state index in [1.54, 1.807) is 18.3 Å². The summed E-state index contributed by atoms with van der Waals surface area (Å²) in [5.41, 5.74) is 1.08. The fraction of sp³-hybridized carbons (Fsp3) is 0.385. The summed E-state index contributed by atoms with van der Waals surface area (Å²) in [5, 5.41) is 1.18. The number of hydrogen-bond acceptors (Lipinski definition) is 3. The van der Waals surface area contributed by atoms with Gasteiger partial charge in [0.15, 0.2) is 0 Å². The molecule has 2 heterocycles. The molecular formula is C13H14N2OS. The number of likely N-dealkylation sites (tertiary alicyclic amines) is 1. The van der Waals surface area contributed by atoms with E-state index in [1.807, 2.05) is 23.1 Å². The summed E-state index contributed by atoms with van der Waals surface area (Å²) < 4.78 is 1.24. The van der Waals surface area contributed by atoms with Crippen LogP contribution in [0.5, 0.6) is 0 Å². The van der Waals surface area contributed by atoms with Gasteiger partial charge in [0.05, 0.1) is 15.2 Å². The summed E-state index contributed by atoms with van der Waals surface area (Å²) in [6, 6.07) is 8.21. The van der Waals surface area contributed by atoms with Crippen molar-refractivity contribution in [1.29, 1.82) is 0 Å². The Kier molecular flexibility index (Phi) is 2.59. The molecule has 1 aliphatic heterocycles. The third-order valence-electron chi connectivity index (χ3n) is 3.29. The number of hydrogen-bond donors (Lipinski definition) is 0. The van der Waals surface area contributed by atoms with E-state index in [4.69, 9.17) is 0 Å². The molecule has 1 atom stereocenters. The highest BCUT2D eigenvalue weighted by molar-refractivity contribution is 7.18. The van der Waals surface area contributed by atoms with Crippen LogP contribution in [0.3, 0.4) is 0 Å². The SMILES string of the molecule is CC(=O)N1CCC(c2nc3ccccc3s2)C1. The van der Waals surface area contributed by atoms with E-state index in [1.165, 1.54) is 9.71 Å². The number of para-hydroxylation sites is 1. The highest BCUT2D eigenvalue weighted by Crippen LogP contribution is 2.33. The van der Waals surface area contributed by atoms with Crippen LogP contribution >= 0.6 is 11.3 Å². The van der Waals surface area contributed by atoms with Crippen LogP contribution in [0.4, 0.5) is 0 Å². The molecule has 3 rings (SSSR count). The fourth-order valence-electron chi connectivity index (χ4n) is 2.31. The zero-order valence-corrected chi connectivity index (χ0v) is 10.5. The van der Waals surface area contributed by atoms with Crippen molar-refractivity contribution in [3.8, 4) is 0 Å². The van der Waals surface area contributed by atoms with E-state index in [2.05, 4.69) is 11.1 Å². The second kappa shape index (κ2) is 4.11. The minimum atomic E-state index is 0.175. The van der Waals surface area contributed by atoms with Crippen LogP contribution < -0.4 is 0 Å². The molecule has 0 N–H and O–H groups in total.